The normalized spacial score (nSPS) is 22.0. The zero-order chi connectivity index (χ0) is 17.8. The Kier molecular flexibility index (Phi) is 7.40. The Morgan fingerprint density at radius 2 is 1.96 bits per heavy atom. The van der Waals surface area contributed by atoms with Crippen LogP contribution in [0.5, 0.6) is 0 Å². The molecular formula is C17H29ClN6O2. The maximum Gasteiger partial charge on any atom is 0.231 e. The predicted molar refractivity (Wildman–Crippen MR) is 99.6 cm³/mol. The molecule has 0 bridgehead atoms. The van der Waals surface area contributed by atoms with Gasteiger partial charge in [-0.3, -0.25) is 14.5 Å². The number of likely N-dealkylation sites (tertiary alicyclic amines) is 2. The lowest BCUT2D eigenvalue weighted by molar-refractivity contribution is -0.139. The SMILES string of the molecule is Cl.Cn1cnnc1CC1CCN(C(=O)C2CCCN(CC(N)=O)C2)CC1. The van der Waals surface area contributed by atoms with Gasteiger partial charge in [0.1, 0.15) is 12.2 Å². The first-order valence-corrected chi connectivity index (χ1v) is 9.15. The highest BCUT2D eigenvalue weighted by molar-refractivity contribution is 5.85. The second-order valence-electron chi connectivity index (χ2n) is 7.37. The Balaban J connectivity index is 0.00000243. The van der Waals surface area contributed by atoms with Crippen LogP contribution in [0.25, 0.3) is 0 Å². The zero-order valence-corrected chi connectivity index (χ0v) is 16.2. The van der Waals surface area contributed by atoms with Gasteiger partial charge in [-0.2, -0.15) is 0 Å². The summed E-state index contributed by atoms with van der Waals surface area (Å²) in [6.45, 7) is 3.39. The van der Waals surface area contributed by atoms with Gasteiger partial charge < -0.3 is 15.2 Å². The molecule has 146 valence electrons. The molecule has 2 fully saturated rings. The van der Waals surface area contributed by atoms with Gasteiger partial charge in [-0.05, 0) is 38.1 Å². The van der Waals surface area contributed by atoms with Crippen LogP contribution >= 0.6 is 12.4 Å². The van der Waals surface area contributed by atoms with E-state index >= 15 is 0 Å². The second-order valence-corrected chi connectivity index (χ2v) is 7.37. The molecule has 8 nitrogen and oxygen atoms in total. The molecule has 1 atom stereocenters. The Hall–Kier alpha value is -1.67. The van der Waals surface area contributed by atoms with Crippen molar-refractivity contribution in [3.05, 3.63) is 12.2 Å². The maximum atomic E-state index is 12.8. The Morgan fingerprint density at radius 3 is 2.58 bits per heavy atom. The largest absolute Gasteiger partial charge is 0.369 e. The summed E-state index contributed by atoms with van der Waals surface area (Å²) in [7, 11) is 1.97. The third-order valence-electron chi connectivity index (χ3n) is 5.44. The highest BCUT2D eigenvalue weighted by atomic mass is 35.5. The lowest BCUT2D eigenvalue weighted by Crippen LogP contribution is -2.48. The van der Waals surface area contributed by atoms with E-state index in [1.807, 2.05) is 21.4 Å². The van der Waals surface area contributed by atoms with Gasteiger partial charge in [0.2, 0.25) is 11.8 Å². The lowest BCUT2D eigenvalue weighted by atomic mass is 9.91. The quantitative estimate of drug-likeness (QED) is 0.782. The minimum absolute atomic E-state index is 0. The fraction of sp³-hybridized carbons (Fsp3) is 0.765. The fourth-order valence-electron chi connectivity index (χ4n) is 3.99. The van der Waals surface area contributed by atoms with E-state index < -0.39 is 0 Å². The van der Waals surface area contributed by atoms with Gasteiger partial charge in [0.25, 0.3) is 0 Å². The van der Waals surface area contributed by atoms with E-state index in [1.165, 1.54) is 0 Å². The van der Waals surface area contributed by atoms with Crippen LogP contribution in [0.15, 0.2) is 6.33 Å². The molecular weight excluding hydrogens is 356 g/mol. The lowest BCUT2D eigenvalue weighted by Gasteiger charge is -2.37. The van der Waals surface area contributed by atoms with Crippen LogP contribution in [0, 0.1) is 11.8 Å². The third kappa shape index (κ3) is 5.17. The number of carbonyl (C=O) groups excluding carboxylic acids is 2. The number of aryl methyl sites for hydroxylation is 1. The third-order valence-corrected chi connectivity index (χ3v) is 5.44. The maximum absolute atomic E-state index is 12.8. The van der Waals surface area contributed by atoms with Crippen molar-refractivity contribution in [3.8, 4) is 0 Å². The smallest absolute Gasteiger partial charge is 0.231 e. The van der Waals surface area contributed by atoms with Gasteiger partial charge in [-0.15, -0.1) is 22.6 Å². The first-order chi connectivity index (χ1) is 12.0. The van der Waals surface area contributed by atoms with Gasteiger partial charge in [0.05, 0.1) is 12.5 Å². The van der Waals surface area contributed by atoms with Crippen molar-refractivity contribution in [2.45, 2.75) is 32.1 Å². The molecule has 3 heterocycles. The standard InChI is InChI=1S/C17H28N6O2.ClH/c1-21-12-19-20-16(21)9-13-4-7-23(8-5-13)17(25)14-3-2-6-22(10-14)11-15(18)24;/h12-14H,2-11H2,1H3,(H2,18,24);1H. The van der Waals surface area contributed by atoms with E-state index in [-0.39, 0.29) is 36.7 Å². The molecule has 2 aliphatic rings. The Bertz CT molecular complexity index is 614. The van der Waals surface area contributed by atoms with Crippen LogP contribution in [0.2, 0.25) is 0 Å². The topological polar surface area (TPSA) is 97.3 Å². The number of hydrogen-bond donors (Lipinski definition) is 1. The van der Waals surface area contributed by atoms with Gasteiger partial charge in [-0.1, -0.05) is 0 Å². The number of amides is 2. The van der Waals surface area contributed by atoms with E-state index in [9.17, 15) is 9.59 Å². The molecule has 0 radical (unpaired) electrons. The number of primary amides is 1. The first kappa shape index (κ1) is 20.6. The van der Waals surface area contributed by atoms with Gasteiger partial charge in [0.15, 0.2) is 0 Å². The van der Waals surface area contributed by atoms with Crippen molar-refractivity contribution in [3.63, 3.8) is 0 Å². The number of halogens is 1. The van der Waals surface area contributed by atoms with E-state index in [1.54, 1.807) is 6.33 Å². The molecule has 1 aromatic rings. The molecule has 2 saturated heterocycles. The van der Waals surface area contributed by atoms with Crippen LogP contribution in [-0.4, -0.2) is 69.1 Å². The summed E-state index contributed by atoms with van der Waals surface area (Å²) in [4.78, 5) is 27.9. The summed E-state index contributed by atoms with van der Waals surface area (Å²) in [6, 6.07) is 0. The molecule has 3 rings (SSSR count). The number of aromatic nitrogens is 3. The summed E-state index contributed by atoms with van der Waals surface area (Å²) in [6.07, 6.45) is 6.54. The molecule has 0 spiro atoms. The molecule has 9 heteroatoms. The molecule has 0 aromatic carbocycles. The van der Waals surface area contributed by atoms with Crippen LogP contribution < -0.4 is 5.73 Å². The predicted octanol–water partition coefficient (Wildman–Crippen LogP) is 0.215. The minimum Gasteiger partial charge on any atom is -0.369 e. The number of nitrogens with two attached hydrogens (primary N) is 1. The van der Waals surface area contributed by atoms with E-state index in [2.05, 4.69) is 10.2 Å². The fourth-order valence-corrected chi connectivity index (χ4v) is 3.99. The first-order valence-electron chi connectivity index (χ1n) is 9.15. The van der Waals surface area contributed by atoms with Crippen molar-refractivity contribution in [2.75, 3.05) is 32.7 Å². The molecule has 2 aliphatic heterocycles. The molecule has 1 aromatic heterocycles. The van der Waals surface area contributed by atoms with Gasteiger partial charge in [0, 0.05) is 33.1 Å². The summed E-state index contributed by atoms with van der Waals surface area (Å²) in [5.74, 6) is 1.50. The highest BCUT2D eigenvalue weighted by Crippen LogP contribution is 2.24. The Morgan fingerprint density at radius 1 is 1.23 bits per heavy atom. The molecule has 0 saturated carbocycles. The van der Waals surface area contributed by atoms with Gasteiger partial charge in [-0.25, -0.2) is 0 Å². The van der Waals surface area contributed by atoms with Crippen LogP contribution in [0.3, 0.4) is 0 Å². The van der Waals surface area contributed by atoms with Crippen molar-refractivity contribution in [1.82, 2.24) is 24.6 Å². The molecule has 26 heavy (non-hydrogen) atoms. The Labute approximate surface area is 160 Å². The van der Waals surface area contributed by atoms with Crippen molar-refractivity contribution in [2.24, 2.45) is 24.6 Å². The van der Waals surface area contributed by atoms with Crippen LogP contribution in [0.4, 0.5) is 0 Å². The number of nitrogens with zero attached hydrogens (tertiary/aromatic N) is 5. The highest BCUT2D eigenvalue weighted by Gasteiger charge is 2.32. The van der Waals surface area contributed by atoms with Crippen molar-refractivity contribution in [1.29, 1.82) is 0 Å². The molecule has 2 N–H and O–H groups in total. The number of piperidine rings is 2. The van der Waals surface area contributed by atoms with Crippen LogP contribution in [-0.2, 0) is 23.1 Å². The molecule has 0 aliphatic carbocycles. The zero-order valence-electron chi connectivity index (χ0n) is 15.3. The number of rotatable bonds is 5. The van der Waals surface area contributed by atoms with E-state index in [4.69, 9.17) is 5.73 Å². The second kappa shape index (κ2) is 9.32. The van der Waals surface area contributed by atoms with Crippen molar-refractivity contribution < 1.29 is 9.59 Å². The monoisotopic (exact) mass is 384 g/mol. The molecule has 1 unspecified atom stereocenters. The summed E-state index contributed by atoms with van der Waals surface area (Å²) in [5, 5.41) is 8.09. The summed E-state index contributed by atoms with van der Waals surface area (Å²) in [5.41, 5.74) is 5.28. The number of carbonyl (C=O) groups is 2. The molecule has 2 amide bonds. The van der Waals surface area contributed by atoms with Crippen molar-refractivity contribution >= 4 is 24.2 Å². The summed E-state index contributed by atoms with van der Waals surface area (Å²) >= 11 is 0. The van der Waals surface area contributed by atoms with E-state index in [0.29, 0.717) is 12.5 Å². The minimum atomic E-state index is -0.322. The van der Waals surface area contributed by atoms with E-state index in [0.717, 1.165) is 57.6 Å². The number of hydrogen-bond acceptors (Lipinski definition) is 5. The van der Waals surface area contributed by atoms with Crippen LogP contribution in [0.1, 0.15) is 31.5 Å². The van der Waals surface area contributed by atoms with Gasteiger partial charge >= 0.3 is 0 Å². The summed E-state index contributed by atoms with van der Waals surface area (Å²) < 4.78 is 1.97. The average molecular weight is 385 g/mol. The average Bonchev–Trinajstić information content (AvgIpc) is 2.99.